The minimum Gasteiger partial charge on any atom is -0.481 e. The standard InChI is InChI=1S/C26H32F2N2O3/c1-16(2)14-30(15-17(3)4)23-8-6-19(26(9-10-26)25(32)33)12-22(23)29-24(31)11-18-5-7-20(27)13-21(18)28/h5-8,12-13,16-17H,9-11,14-15H2,1-4H3,(H,29,31)(H,32,33). The van der Waals surface area contributed by atoms with Gasteiger partial charge in [-0.3, -0.25) is 9.59 Å². The highest BCUT2D eigenvalue weighted by Gasteiger charge is 2.52. The number of aliphatic carboxylic acids is 1. The van der Waals surface area contributed by atoms with Crippen LogP contribution in [0.15, 0.2) is 36.4 Å². The van der Waals surface area contributed by atoms with Crippen LogP contribution in [0.5, 0.6) is 0 Å². The third-order valence-corrected chi connectivity index (χ3v) is 5.86. The first-order valence-corrected chi connectivity index (χ1v) is 11.4. The minimum absolute atomic E-state index is 0.0945. The van der Waals surface area contributed by atoms with Gasteiger partial charge in [0.1, 0.15) is 11.6 Å². The van der Waals surface area contributed by atoms with Crippen LogP contribution in [-0.4, -0.2) is 30.1 Å². The van der Waals surface area contributed by atoms with Crippen LogP contribution in [-0.2, 0) is 21.4 Å². The molecule has 1 saturated carbocycles. The zero-order valence-electron chi connectivity index (χ0n) is 19.6. The first-order chi connectivity index (χ1) is 15.5. The van der Waals surface area contributed by atoms with Crippen molar-refractivity contribution in [2.45, 2.75) is 52.4 Å². The fourth-order valence-electron chi connectivity index (χ4n) is 4.15. The van der Waals surface area contributed by atoms with Gasteiger partial charge in [-0.25, -0.2) is 8.78 Å². The molecule has 0 heterocycles. The number of carbonyl (C=O) groups excluding carboxylic acids is 1. The van der Waals surface area contributed by atoms with Crippen molar-refractivity contribution in [2.75, 3.05) is 23.3 Å². The number of carbonyl (C=O) groups is 2. The second-order valence-corrected chi connectivity index (χ2v) is 9.77. The van der Waals surface area contributed by atoms with Gasteiger partial charge in [0.15, 0.2) is 0 Å². The topological polar surface area (TPSA) is 69.6 Å². The molecule has 1 fully saturated rings. The molecule has 7 heteroatoms. The molecule has 0 saturated heterocycles. The highest BCUT2D eigenvalue weighted by atomic mass is 19.1. The molecular weight excluding hydrogens is 426 g/mol. The second kappa shape index (κ2) is 9.89. The summed E-state index contributed by atoms with van der Waals surface area (Å²) in [5.74, 6) is -2.06. The van der Waals surface area contributed by atoms with E-state index in [9.17, 15) is 23.5 Å². The molecule has 0 aromatic heterocycles. The Labute approximate surface area is 193 Å². The van der Waals surface area contributed by atoms with Crippen molar-refractivity contribution in [3.63, 3.8) is 0 Å². The van der Waals surface area contributed by atoms with Gasteiger partial charge in [0.25, 0.3) is 0 Å². The summed E-state index contributed by atoms with van der Waals surface area (Å²) >= 11 is 0. The van der Waals surface area contributed by atoms with Gasteiger partial charge in [0.2, 0.25) is 5.91 Å². The number of rotatable bonds is 10. The molecule has 2 aromatic carbocycles. The van der Waals surface area contributed by atoms with Crippen LogP contribution >= 0.6 is 0 Å². The maximum absolute atomic E-state index is 14.1. The van der Waals surface area contributed by atoms with E-state index in [0.29, 0.717) is 35.9 Å². The van der Waals surface area contributed by atoms with E-state index in [1.807, 2.05) is 12.1 Å². The largest absolute Gasteiger partial charge is 0.481 e. The summed E-state index contributed by atoms with van der Waals surface area (Å²) < 4.78 is 27.3. The summed E-state index contributed by atoms with van der Waals surface area (Å²) in [6, 6.07) is 8.58. The number of nitrogens with one attached hydrogen (secondary N) is 1. The molecule has 5 nitrogen and oxygen atoms in total. The van der Waals surface area contributed by atoms with Gasteiger partial charge in [-0.1, -0.05) is 39.8 Å². The highest BCUT2D eigenvalue weighted by molar-refractivity contribution is 5.96. The molecule has 1 aliphatic rings. The van der Waals surface area contributed by atoms with Crippen LogP contribution in [0.4, 0.5) is 20.2 Å². The van der Waals surface area contributed by atoms with Gasteiger partial charge in [0.05, 0.1) is 23.2 Å². The normalized spacial score (nSPS) is 14.4. The number of amides is 1. The molecule has 2 aromatic rings. The first-order valence-electron chi connectivity index (χ1n) is 11.4. The number of nitrogens with zero attached hydrogens (tertiary/aromatic N) is 1. The Bertz CT molecular complexity index is 1020. The molecule has 33 heavy (non-hydrogen) atoms. The predicted molar refractivity (Wildman–Crippen MR) is 126 cm³/mol. The van der Waals surface area contributed by atoms with Crippen LogP contribution in [0.3, 0.4) is 0 Å². The number of hydrogen-bond donors (Lipinski definition) is 2. The van der Waals surface area contributed by atoms with Gasteiger partial charge in [-0.2, -0.15) is 0 Å². The molecule has 0 bridgehead atoms. The summed E-state index contributed by atoms with van der Waals surface area (Å²) in [4.78, 5) is 26.9. The highest BCUT2D eigenvalue weighted by Crippen LogP contribution is 2.49. The van der Waals surface area contributed by atoms with Crippen molar-refractivity contribution in [3.8, 4) is 0 Å². The van der Waals surface area contributed by atoms with E-state index >= 15 is 0 Å². The first kappa shape index (κ1) is 24.7. The number of anilines is 2. The summed E-state index contributed by atoms with van der Waals surface area (Å²) in [6.07, 6.45) is 0.851. The lowest BCUT2D eigenvalue weighted by atomic mass is 9.94. The molecule has 0 aliphatic heterocycles. The van der Waals surface area contributed by atoms with Crippen molar-refractivity contribution in [2.24, 2.45) is 11.8 Å². The molecule has 1 amide bonds. The van der Waals surface area contributed by atoms with Crippen LogP contribution in [0.2, 0.25) is 0 Å². The van der Waals surface area contributed by atoms with E-state index in [2.05, 4.69) is 37.9 Å². The van der Waals surface area contributed by atoms with E-state index in [-0.39, 0.29) is 12.0 Å². The molecular formula is C26H32F2N2O3. The van der Waals surface area contributed by atoms with Crippen molar-refractivity contribution in [1.29, 1.82) is 0 Å². The average molecular weight is 459 g/mol. The smallest absolute Gasteiger partial charge is 0.314 e. The maximum atomic E-state index is 14.1. The second-order valence-electron chi connectivity index (χ2n) is 9.77. The number of carboxylic acids is 1. The molecule has 3 rings (SSSR count). The van der Waals surface area contributed by atoms with Crippen LogP contribution in [0.1, 0.15) is 51.7 Å². The van der Waals surface area contributed by atoms with Crippen LogP contribution < -0.4 is 10.2 Å². The summed E-state index contributed by atoms with van der Waals surface area (Å²) in [6.45, 7) is 9.97. The van der Waals surface area contributed by atoms with Gasteiger partial charge in [-0.05, 0) is 54.0 Å². The molecule has 1 aliphatic carbocycles. The predicted octanol–water partition coefficient (Wildman–Crippen LogP) is 5.38. The lowest BCUT2D eigenvalue weighted by Gasteiger charge is -2.31. The van der Waals surface area contributed by atoms with Gasteiger partial charge < -0.3 is 15.3 Å². The van der Waals surface area contributed by atoms with Crippen molar-refractivity contribution in [1.82, 2.24) is 0 Å². The summed E-state index contributed by atoms with van der Waals surface area (Å²) in [5.41, 5.74) is 1.14. The van der Waals surface area contributed by atoms with E-state index in [1.165, 1.54) is 6.07 Å². The van der Waals surface area contributed by atoms with E-state index in [1.54, 1.807) is 6.07 Å². The Morgan fingerprint density at radius 3 is 2.18 bits per heavy atom. The lowest BCUT2D eigenvalue weighted by molar-refractivity contribution is -0.140. The van der Waals surface area contributed by atoms with Crippen LogP contribution in [0.25, 0.3) is 0 Å². The number of benzene rings is 2. The average Bonchev–Trinajstić information content (AvgIpc) is 3.51. The SMILES string of the molecule is CC(C)CN(CC(C)C)c1ccc(C2(C(=O)O)CC2)cc1NC(=O)Cc1ccc(F)cc1F. The lowest BCUT2D eigenvalue weighted by Crippen LogP contribution is -2.32. The quantitative estimate of drug-likeness (QED) is 0.502. The maximum Gasteiger partial charge on any atom is 0.314 e. The van der Waals surface area contributed by atoms with Gasteiger partial charge in [-0.15, -0.1) is 0 Å². The van der Waals surface area contributed by atoms with Crippen molar-refractivity contribution in [3.05, 3.63) is 59.2 Å². The Morgan fingerprint density at radius 1 is 1.03 bits per heavy atom. The number of hydrogen-bond acceptors (Lipinski definition) is 3. The zero-order chi connectivity index (χ0) is 24.3. The number of carboxylic acid groups (broad SMARTS) is 1. The van der Waals surface area contributed by atoms with E-state index in [0.717, 1.165) is 30.9 Å². The third kappa shape index (κ3) is 5.89. The summed E-state index contributed by atoms with van der Waals surface area (Å²) in [5, 5.41) is 12.6. The molecule has 0 radical (unpaired) electrons. The van der Waals surface area contributed by atoms with Crippen molar-refractivity contribution < 1.29 is 23.5 Å². The van der Waals surface area contributed by atoms with Crippen LogP contribution in [0, 0.1) is 23.5 Å². The van der Waals surface area contributed by atoms with Crippen molar-refractivity contribution >= 4 is 23.3 Å². The molecule has 0 spiro atoms. The fraction of sp³-hybridized carbons (Fsp3) is 0.462. The minimum atomic E-state index is -0.915. The fourth-order valence-corrected chi connectivity index (χ4v) is 4.15. The van der Waals surface area contributed by atoms with Gasteiger partial charge in [0, 0.05) is 19.2 Å². The monoisotopic (exact) mass is 458 g/mol. The van der Waals surface area contributed by atoms with E-state index < -0.39 is 28.9 Å². The molecule has 0 atom stereocenters. The Hall–Kier alpha value is -2.96. The van der Waals surface area contributed by atoms with Gasteiger partial charge >= 0.3 is 5.97 Å². The Balaban J connectivity index is 1.96. The Morgan fingerprint density at radius 2 is 1.67 bits per heavy atom. The summed E-state index contributed by atoms with van der Waals surface area (Å²) in [7, 11) is 0. The molecule has 178 valence electrons. The zero-order valence-corrected chi connectivity index (χ0v) is 19.6. The number of halogens is 2. The van der Waals surface area contributed by atoms with E-state index in [4.69, 9.17) is 0 Å². The Kier molecular flexibility index (Phi) is 7.40. The molecule has 0 unspecified atom stereocenters. The third-order valence-electron chi connectivity index (χ3n) is 5.86. The molecule has 2 N–H and O–H groups in total.